The molecule has 22 N–H and O–H groups in total. The third-order valence-corrected chi connectivity index (χ3v) is 18.9. The molecule has 2 aliphatic rings. The molecule has 4 aromatic rings. The lowest BCUT2D eigenvalue weighted by molar-refractivity contribution is -0.149. The first-order chi connectivity index (χ1) is 52.6. The molecule has 0 bridgehead atoms. The number of H-pyrrole nitrogens is 2. The fraction of sp³-hybridized carbons (Fsp3) is 0.521. The Morgan fingerprint density at radius 1 is 0.618 bits per heavy atom. The topological polar surface area (TPSA) is 599 Å². The third kappa shape index (κ3) is 27.8. The van der Waals surface area contributed by atoms with Crippen LogP contribution >= 0.6 is 11.8 Å². The fourth-order valence-corrected chi connectivity index (χ4v) is 13.1. The van der Waals surface area contributed by atoms with Gasteiger partial charge in [-0.05, 0) is 113 Å². The Labute approximate surface area is 637 Å². The number of fused-ring (bicyclic) bond motifs is 1. The van der Waals surface area contributed by atoms with Gasteiger partial charge in [0.1, 0.15) is 66.5 Å². The average molecular weight is 1560 g/mol. The van der Waals surface area contributed by atoms with Gasteiger partial charge < -0.3 is 111 Å². The number of amides is 12. The van der Waals surface area contributed by atoms with E-state index in [4.69, 9.17) is 17.2 Å². The Balaban J connectivity index is 1.20. The highest BCUT2D eigenvalue weighted by Gasteiger charge is 2.45. The van der Waals surface area contributed by atoms with E-state index in [0.29, 0.717) is 59.2 Å². The Bertz CT molecular complexity index is 3860. The summed E-state index contributed by atoms with van der Waals surface area (Å²) in [5.74, 6) is -14.8. The second-order valence-corrected chi connectivity index (χ2v) is 27.4. The molecule has 0 saturated carbocycles. The molecule has 12 amide bonds. The largest absolute Gasteiger partial charge is 0.481 e. The summed E-state index contributed by atoms with van der Waals surface area (Å²) in [5, 5.41) is 65.3. The number of hydrogen-bond acceptors (Lipinski definition) is 20. The van der Waals surface area contributed by atoms with E-state index in [1.54, 1.807) is 74.0 Å². The number of carboxylic acids is 3. The van der Waals surface area contributed by atoms with Crippen LogP contribution in [0.3, 0.4) is 0 Å². The molecule has 0 aliphatic carbocycles. The van der Waals surface area contributed by atoms with E-state index in [0.717, 1.165) is 4.90 Å². The van der Waals surface area contributed by atoms with Crippen molar-refractivity contribution in [2.45, 2.75) is 183 Å². The van der Waals surface area contributed by atoms with Gasteiger partial charge in [-0.1, -0.05) is 55.5 Å². The molecule has 11 unspecified atom stereocenters. The van der Waals surface area contributed by atoms with E-state index >= 15 is 4.79 Å². The molecular weight excluding hydrogens is 1450 g/mol. The number of carboxylic acid groups (broad SMARTS) is 3. The van der Waals surface area contributed by atoms with E-state index in [9.17, 15) is 87.5 Å². The molecule has 2 fully saturated rings. The maximum atomic E-state index is 15.0. The Morgan fingerprint density at radius 2 is 1.19 bits per heavy atom. The predicted octanol–water partition coefficient (Wildman–Crippen LogP) is -3.65. The van der Waals surface area contributed by atoms with Crippen LogP contribution in [0.2, 0.25) is 0 Å². The lowest BCUT2D eigenvalue weighted by Gasteiger charge is -2.33. The first kappa shape index (κ1) is 87.7. The van der Waals surface area contributed by atoms with Gasteiger partial charge in [-0.3, -0.25) is 72.1 Å². The number of imidazole rings is 1. The maximum absolute atomic E-state index is 15.0. The number of benzene rings is 2. The van der Waals surface area contributed by atoms with Crippen LogP contribution in [0.4, 0.5) is 0 Å². The Morgan fingerprint density at radius 3 is 1.79 bits per heavy atom. The zero-order chi connectivity index (χ0) is 80.4. The minimum atomic E-state index is -1.82. The standard InChI is InChI=1S/C71H100N19O19S/c1-3-14-56(92)80-48(25-30-110-2)64(102)83-47(23-24-58(94)95)63(101)87-51(33-42-36-75-39-79-42)66(104)85-49(31-40-15-5-4-6-16-40)65(103)82-46(20-11-27-76-71(73)74)61(99)86-50(32-41-35-77-44-18-8-7-17-43(41)44)60(98)78-37-57(93)81-53(38-91)68(106)90-29-13-22-55(90)69(107)89-28-12-21-54(89)67(105)84-45(19-9-10-26-72)62(100)88-52(70(108)109)34-59(96)97/h4-8,14-18,35-36,39,45-55,77,91H,3,9-13,19-34,37-38,72H2,1-2H3,(H,75,79)(H,78,98)(H,80,92)(H,81,93)(H,82,103)(H,83,102)(H,84,105)(H,85,104)(H,86,99)(H,87,101)(H,88,100)(H,94,95)(H,96,97)(H,108,109)(H4,73,74,76). The van der Waals surface area contributed by atoms with E-state index in [2.05, 4.69) is 73.1 Å². The van der Waals surface area contributed by atoms with E-state index < -0.39 is 188 Å². The second-order valence-electron chi connectivity index (χ2n) is 26.4. The van der Waals surface area contributed by atoms with Gasteiger partial charge in [0, 0.05) is 80.7 Å². The summed E-state index contributed by atoms with van der Waals surface area (Å²) in [5.41, 5.74) is 18.9. The van der Waals surface area contributed by atoms with Gasteiger partial charge in [-0.2, -0.15) is 11.8 Å². The monoisotopic (exact) mass is 1550 g/mol. The van der Waals surface area contributed by atoms with Crippen molar-refractivity contribution >= 4 is 117 Å². The second kappa shape index (κ2) is 44.9. The summed E-state index contributed by atoms with van der Waals surface area (Å²) in [6.45, 7) is 0.0911. The SMILES string of the molecule is CC[CH]C(=O)NC(CCSC)C(=O)NC(CCC(=O)O)C(=O)NC(Cc1cnc[nH]1)C(=O)NC(Cc1ccccc1)C(=O)NC(CCCN=C(N)N)C(=O)NC(Cc1c[nH]c2ccccc12)C(=O)NCC(=O)NC(CO)C(=O)N1CCCC1C(=O)N1CCCC1C(=O)NC(CCCCN)C(=O)NC(CC(=O)O)C(=O)O. The summed E-state index contributed by atoms with van der Waals surface area (Å²) >= 11 is 1.39. The van der Waals surface area contributed by atoms with Crippen molar-refractivity contribution < 1.29 is 92.3 Å². The zero-order valence-corrected chi connectivity index (χ0v) is 62.0. The number of aromatic amines is 2. The number of thioether (sulfide) groups is 1. The first-order valence-corrected chi connectivity index (χ1v) is 37.6. The molecular formula is C71H100N19O19S. The van der Waals surface area contributed by atoms with Crippen LogP contribution in [0, 0.1) is 6.42 Å². The smallest absolute Gasteiger partial charge is 0.326 e. The summed E-state index contributed by atoms with van der Waals surface area (Å²) < 4.78 is 0. The highest BCUT2D eigenvalue weighted by Crippen LogP contribution is 2.27. The lowest BCUT2D eigenvalue weighted by atomic mass is 10.0. The molecule has 2 aromatic heterocycles. The molecule has 6 rings (SSSR count). The van der Waals surface area contributed by atoms with Crippen LogP contribution in [-0.4, -0.2) is 258 Å². The van der Waals surface area contributed by atoms with Crippen LogP contribution < -0.4 is 70.4 Å². The van der Waals surface area contributed by atoms with Crippen LogP contribution in [0.5, 0.6) is 0 Å². The number of carbonyl (C=O) groups is 15. The van der Waals surface area contributed by atoms with Gasteiger partial charge in [0.2, 0.25) is 70.9 Å². The molecule has 39 heteroatoms. The predicted molar refractivity (Wildman–Crippen MR) is 399 cm³/mol. The number of likely N-dealkylation sites (tertiary alicyclic amines) is 2. The van der Waals surface area contributed by atoms with Gasteiger partial charge in [-0.25, -0.2) is 9.78 Å². The number of aliphatic carboxylic acids is 3. The molecule has 2 saturated heterocycles. The molecule has 2 aliphatic heterocycles. The molecule has 110 heavy (non-hydrogen) atoms. The highest BCUT2D eigenvalue weighted by atomic mass is 32.2. The summed E-state index contributed by atoms with van der Waals surface area (Å²) in [6, 6.07) is -0.719. The zero-order valence-electron chi connectivity index (χ0n) is 61.2. The van der Waals surface area contributed by atoms with Gasteiger partial charge in [0.15, 0.2) is 5.96 Å². The average Bonchev–Trinajstić information content (AvgIpc) is 1.64. The van der Waals surface area contributed by atoms with Crippen molar-refractivity contribution in [3.05, 3.63) is 96.6 Å². The van der Waals surface area contributed by atoms with Crippen LogP contribution in [0.1, 0.15) is 114 Å². The number of nitrogens with zero attached hydrogens (tertiary/aromatic N) is 4. The highest BCUT2D eigenvalue weighted by molar-refractivity contribution is 7.98. The van der Waals surface area contributed by atoms with Crippen molar-refractivity contribution in [1.29, 1.82) is 0 Å². The van der Waals surface area contributed by atoms with E-state index in [1.807, 2.05) is 0 Å². The number of guanidine groups is 1. The van der Waals surface area contributed by atoms with Crippen molar-refractivity contribution in [3.63, 3.8) is 0 Å². The normalized spacial score (nSPS) is 16.3. The van der Waals surface area contributed by atoms with Gasteiger partial charge in [-0.15, -0.1) is 0 Å². The van der Waals surface area contributed by atoms with Crippen LogP contribution in [0.15, 0.2) is 78.3 Å². The van der Waals surface area contributed by atoms with Gasteiger partial charge in [0.05, 0.1) is 25.9 Å². The van der Waals surface area contributed by atoms with Crippen molar-refractivity contribution in [1.82, 2.24) is 77.9 Å². The number of para-hydroxylation sites is 1. The maximum Gasteiger partial charge on any atom is 0.326 e. The van der Waals surface area contributed by atoms with E-state index in [1.165, 1.54) is 35.6 Å². The van der Waals surface area contributed by atoms with Crippen molar-refractivity contribution in [2.24, 2.45) is 22.2 Å². The molecule has 4 heterocycles. The number of aliphatic imine (C=N–C) groups is 1. The van der Waals surface area contributed by atoms with Crippen molar-refractivity contribution in [2.75, 3.05) is 51.3 Å². The minimum Gasteiger partial charge on any atom is -0.481 e. The minimum absolute atomic E-state index is 0.0149. The Hall–Kier alpha value is -11.2. The number of aromatic nitrogens is 3. The molecule has 11 atom stereocenters. The van der Waals surface area contributed by atoms with Gasteiger partial charge >= 0.3 is 17.9 Å². The number of unbranched alkanes of at least 4 members (excludes halogenated alkanes) is 1. The number of hydrogen-bond donors (Lipinski definition) is 19. The molecule has 1 radical (unpaired) electrons. The molecule has 2 aromatic carbocycles. The molecule has 0 spiro atoms. The number of aliphatic hydroxyl groups excluding tert-OH is 1. The third-order valence-electron chi connectivity index (χ3n) is 18.2. The number of rotatable bonds is 47. The number of aliphatic hydroxyl groups is 1. The fourth-order valence-electron chi connectivity index (χ4n) is 12.6. The van der Waals surface area contributed by atoms with Crippen molar-refractivity contribution in [3.8, 4) is 0 Å². The first-order valence-electron chi connectivity index (χ1n) is 36.2. The number of nitrogens with one attached hydrogen (secondary N) is 12. The van der Waals surface area contributed by atoms with E-state index in [-0.39, 0.29) is 96.3 Å². The number of nitrogens with two attached hydrogens (primary N) is 3. The lowest BCUT2D eigenvalue weighted by Crippen LogP contribution is -2.60. The molecule has 599 valence electrons. The van der Waals surface area contributed by atoms with Gasteiger partial charge in [0.25, 0.3) is 0 Å². The Kier molecular flexibility index (Phi) is 35.8. The quantitative estimate of drug-likeness (QED) is 0.0115. The van der Waals surface area contributed by atoms with Crippen LogP contribution in [-0.2, 0) is 91.2 Å². The number of carbonyl (C=O) groups excluding carboxylic acids is 12. The summed E-state index contributed by atoms with van der Waals surface area (Å²) in [6.07, 6.45) is 6.51. The van der Waals surface area contributed by atoms with Crippen LogP contribution in [0.25, 0.3) is 10.9 Å². The molecule has 38 nitrogen and oxygen atoms in total. The summed E-state index contributed by atoms with van der Waals surface area (Å²) in [7, 11) is 0. The summed E-state index contributed by atoms with van der Waals surface area (Å²) in [4.78, 5) is 222.